The number of aryl methyl sites for hydroxylation is 2. The fourth-order valence-corrected chi connectivity index (χ4v) is 5.17. The summed E-state index contributed by atoms with van der Waals surface area (Å²) >= 11 is 0. The molecule has 0 aliphatic heterocycles. The van der Waals surface area contributed by atoms with Crippen molar-refractivity contribution in [3.63, 3.8) is 0 Å². The number of halogens is 1. The van der Waals surface area contributed by atoms with Gasteiger partial charge in [0.2, 0.25) is 0 Å². The first-order valence-corrected chi connectivity index (χ1v) is 10.6. The Balaban J connectivity index is 1.82. The molecule has 0 amide bonds. The summed E-state index contributed by atoms with van der Waals surface area (Å²) in [5.74, 6) is 0.515. The van der Waals surface area contributed by atoms with Crippen molar-refractivity contribution >= 4 is 21.5 Å². The maximum atomic E-state index is 14.6. The molecular weight excluding hydrogens is 369 g/mol. The third kappa shape index (κ3) is 3.29. The fourth-order valence-electron chi connectivity index (χ4n) is 5.17. The van der Waals surface area contributed by atoms with Gasteiger partial charge in [-0.25, -0.2) is 4.39 Å². The lowest BCUT2D eigenvalue weighted by atomic mass is 9.82. The Bertz CT molecular complexity index is 1420. The van der Waals surface area contributed by atoms with Crippen LogP contribution < -0.4 is 0 Å². The smallest absolute Gasteiger partial charge is 0.123 e. The number of fused-ring (bicyclic) bond motifs is 3. The largest absolute Gasteiger partial charge is 0.256 e. The van der Waals surface area contributed by atoms with Gasteiger partial charge >= 0.3 is 0 Å². The highest BCUT2D eigenvalue weighted by atomic mass is 19.1. The van der Waals surface area contributed by atoms with Gasteiger partial charge < -0.3 is 0 Å². The van der Waals surface area contributed by atoms with Crippen LogP contribution in [-0.2, 0) is 0 Å². The third-order valence-electron chi connectivity index (χ3n) is 6.66. The Kier molecular flexibility index (Phi) is 3.39. The van der Waals surface area contributed by atoms with E-state index in [1.165, 1.54) is 61.6 Å². The molecule has 0 N–H and O–H groups in total. The molecule has 1 aromatic heterocycles. The molecule has 1 aliphatic rings. The first-order chi connectivity index (χ1) is 16.9. The van der Waals surface area contributed by atoms with Crippen molar-refractivity contribution in [2.24, 2.45) is 5.92 Å². The molecule has 2 heteroatoms. The highest BCUT2D eigenvalue weighted by molar-refractivity contribution is 6.14. The van der Waals surface area contributed by atoms with Crippen LogP contribution in [0.15, 0.2) is 54.7 Å². The van der Waals surface area contributed by atoms with E-state index in [9.17, 15) is 4.39 Å². The van der Waals surface area contributed by atoms with Crippen molar-refractivity contribution in [3.8, 4) is 11.3 Å². The Hall–Kier alpha value is -2.74. The standard InChI is InChI=1S/C28H28FN/c1-17-12-18(2)14-22(13-17)28-27-21(10-11-30-28)15-25(19(3)20-6-4-5-7-20)24-9-8-23(29)16-26(24)27/h8-16,19-20H,4-7H2,1-3H3/i1D3,2D3. The number of rotatable bonds is 3. The Morgan fingerprint density at radius 1 is 0.967 bits per heavy atom. The minimum absolute atomic E-state index is 0.0631. The summed E-state index contributed by atoms with van der Waals surface area (Å²) in [5.41, 5.74) is 1.88. The molecular formula is C28H28FN. The number of hydrogen-bond acceptors (Lipinski definition) is 1. The van der Waals surface area contributed by atoms with E-state index in [0.717, 1.165) is 10.8 Å². The van der Waals surface area contributed by atoms with Crippen LogP contribution in [0.4, 0.5) is 4.39 Å². The molecule has 0 radical (unpaired) electrons. The zero-order valence-electron chi connectivity index (χ0n) is 23.0. The quantitative estimate of drug-likeness (QED) is 0.315. The molecule has 5 rings (SSSR count). The summed E-state index contributed by atoms with van der Waals surface area (Å²) in [6.45, 7) is -2.73. The van der Waals surface area contributed by atoms with Gasteiger partial charge in [-0.3, -0.25) is 4.98 Å². The summed E-state index contributed by atoms with van der Waals surface area (Å²) in [5, 5.41) is 3.20. The highest BCUT2D eigenvalue weighted by Gasteiger charge is 2.25. The Labute approximate surface area is 186 Å². The van der Waals surface area contributed by atoms with Gasteiger partial charge in [-0.05, 0) is 90.4 Å². The molecule has 0 saturated heterocycles. The first-order valence-electron chi connectivity index (χ1n) is 13.6. The van der Waals surface area contributed by atoms with E-state index in [1.807, 2.05) is 12.1 Å². The Morgan fingerprint density at radius 3 is 2.47 bits per heavy atom. The summed E-state index contributed by atoms with van der Waals surface area (Å²) in [4.78, 5) is 4.57. The predicted octanol–water partition coefficient (Wildman–Crippen LogP) is 8.10. The summed E-state index contributed by atoms with van der Waals surface area (Å²) < 4.78 is 62.0. The molecule has 1 heterocycles. The zero-order valence-corrected chi connectivity index (χ0v) is 17.0. The second kappa shape index (κ2) is 7.50. The van der Waals surface area contributed by atoms with Crippen LogP contribution in [0.3, 0.4) is 0 Å². The van der Waals surface area contributed by atoms with Gasteiger partial charge in [0.15, 0.2) is 0 Å². The average molecular weight is 404 g/mol. The molecule has 0 spiro atoms. The molecule has 3 aromatic carbocycles. The maximum Gasteiger partial charge on any atom is 0.123 e. The lowest BCUT2D eigenvalue weighted by molar-refractivity contribution is 0.463. The van der Waals surface area contributed by atoms with Crippen LogP contribution in [-0.4, -0.2) is 4.98 Å². The number of hydrogen-bond donors (Lipinski definition) is 0. The zero-order chi connectivity index (χ0) is 25.8. The molecule has 30 heavy (non-hydrogen) atoms. The molecule has 1 nitrogen and oxygen atoms in total. The minimum Gasteiger partial charge on any atom is -0.256 e. The van der Waals surface area contributed by atoms with Gasteiger partial charge in [0.25, 0.3) is 0 Å². The highest BCUT2D eigenvalue weighted by Crippen LogP contribution is 2.43. The molecule has 1 atom stereocenters. The van der Waals surface area contributed by atoms with E-state index < -0.39 is 13.7 Å². The van der Waals surface area contributed by atoms with Gasteiger partial charge in [0.1, 0.15) is 5.82 Å². The predicted molar refractivity (Wildman–Crippen MR) is 124 cm³/mol. The molecule has 1 unspecified atom stereocenters. The average Bonchev–Trinajstić information content (AvgIpc) is 3.36. The summed E-state index contributed by atoms with van der Waals surface area (Å²) in [6, 6.07) is 13.0. The second-order valence-electron chi connectivity index (χ2n) is 8.55. The first kappa shape index (κ1) is 13.5. The molecule has 1 fully saturated rings. The molecule has 1 aliphatic carbocycles. The van der Waals surface area contributed by atoms with Crippen LogP contribution in [0, 0.1) is 25.4 Å². The molecule has 152 valence electrons. The van der Waals surface area contributed by atoms with Gasteiger partial charge in [-0.15, -0.1) is 0 Å². The summed E-state index contributed by atoms with van der Waals surface area (Å²) in [7, 11) is 0. The molecule has 4 aromatic rings. The van der Waals surface area contributed by atoms with Gasteiger partial charge in [-0.1, -0.05) is 49.1 Å². The van der Waals surface area contributed by atoms with Crippen molar-refractivity contribution in [2.45, 2.75) is 52.2 Å². The van der Waals surface area contributed by atoms with Crippen molar-refractivity contribution in [2.75, 3.05) is 0 Å². The van der Waals surface area contributed by atoms with Crippen LogP contribution in [0.2, 0.25) is 0 Å². The van der Waals surface area contributed by atoms with E-state index in [4.69, 9.17) is 8.22 Å². The number of nitrogens with zero attached hydrogens (tertiary/aromatic N) is 1. The maximum absolute atomic E-state index is 14.6. The molecule has 1 saturated carbocycles. The lowest BCUT2D eigenvalue weighted by Gasteiger charge is -2.23. The topological polar surface area (TPSA) is 12.9 Å². The van der Waals surface area contributed by atoms with Gasteiger partial charge in [0, 0.05) is 25.4 Å². The number of pyridine rings is 1. The number of benzene rings is 3. The van der Waals surface area contributed by atoms with E-state index in [-0.39, 0.29) is 16.9 Å². The van der Waals surface area contributed by atoms with E-state index in [1.54, 1.807) is 6.20 Å². The molecule has 0 bridgehead atoms. The van der Waals surface area contributed by atoms with Crippen molar-refractivity contribution in [1.29, 1.82) is 0 Å². The third-order valence-corrected chi connectivity index (χ3v) is 6.66. The van der Waals surface area contributed by atoms with Crippen molar-refractivity contribution in [1.82, 2.24) is 4.98 Å². The number of aromatic nitrogens is 1. The van der Waals surface area contributed by atoms with E-state index >= 15 is 0 Å². The lowest BCUT2D eigenvalue weighted by Crippen LogP contribution is -2.07. The van der Waals surface area contributed by atoms with Crippen LogP contribution in [0.5, 0.6) is 0 Å². The monoisotopic (exact) mass is 403 g/mol. The Morgan fingerprint density at radius 2 is 1.73 bits per heavy atom. The van der Waals surface area contributed by atoms with Crippen LogP contribution in [0.1, 0.15) is 63.4 Å². The SMILES string of the molecule is [2H]C([2H])([2H])c1cc(-c2nccc3cc(C(C)C4CCCC4)c4ccc(F)cc4c23)cc(C([2H])([2H])[2H])c1. The second-order valence-corrected chi connectivity index (χ2v) is 8.55. The normalized spacial score (nSPS) is 19.7. The van der Waals surface area contributed by atoms with Crippen molar-refractivity contribution in [3.05, 3.63) is 77.2 Å². The minimum atomic E-state index is -2.49. The fraction of sp³-hybridized carbons (Fsp3) is 0.321. The van der Waals surface area contributed by atoms with Crippen molar-refractivity contribution < 1.29 is 12.6 Å². The van der Waals surface area contributed by atoms with Crippen LogP contribution >= 0.6 is 0 Å². The van der Waals surface area contributed by atoms with Gasteiger partial charge in [-0.2, -0.15) is 0 Å². The van der Waals surface area contributed by atoms with Crippen LogP contribution in [0.25, 0.3) is 32.8 Å². The van der Waals surface area contributed by atoms with E-state index in [2.05, 4.69) is 18.0 Å². The summed E-state index contributed by atoms with van der Waals surface area (Å²) in [6.07, 6.45) is 6.47. The van der Waals surface area contributed by atoms with E-state index in [0.29, 0.717) is 33.9 Å². The van der Waals surface area contributed by atoms with Gasteiger partial charge in [0.05, 0.1) is 5.69 Å².